The molecule has 1 atom stereocenters. The van der Waals surface area contributed by atoms with Crippen molar-refractivity contribution >= 4 is 0 Å². The lowest BCUT2D eigenvalue weighted by Gasteiger charge is -2.21. The fourth-order valence-electron chi connectivity index (χ4n) is 2.09. The minimum absolute atomic E-state index is 0.736. The molecule has 0 aromatic heterocycles. The van der Waals surface area contributed by atoms with Crippen LogP contribution in [0.4, 0.5) is 0 Å². The van der Waals surface area contributed by atoms with Crippen molar-refractivity contribution in [3.63, 3.8) is 0 Å². The Hall–Kier alpha value is -0.820. The third-order valence-electron chi connectivity index (χ3n) is 3.53. The lowest BCUT2D eigenvalue weighted by Crippen LogP contribution is -2.27. The van der Waals surface area contributed by atoms with Crippen LogP contribution in [0.2, 0.25) is 0 Å². The van der Waals surface area contributed by atoms with Crippen molar-refractivity contribution in [2.45, 2.75) is 40.5 Å². The molecule has 1 rings (SSSR count). The summed E-state index contributed by atoms with van der Waals surface area (Å²) < 4.78 is 0. The molecule has 1 unspecified atom stereocenters. The topological polar surface area (TPSA) is 12.0 Å². The largest absolute Gasteiger partial charge is 0.317 e. The van der Waals surface area contributed by atoms with Crippen LogP contribution in [0.1, 0.15) is 38.8 Å². The Bertz CT molecular complexity index is 300. The van der Waals surface area contributed by atoms with Crippen molar-refractivity contribution in [1.82, 2.24) is 5.32 Å². The van der Waals surface area contributed by atoms with Crippen LogP contribution in [0.3, 0.4) is 0 Å². The van der Waals surface area contributed by atoms with Gasteiger partial charge in [-0.05, 0) is 48.9 Å². The maximum atomic E-state index is 3.47. The molecule has 1 aromatic carbocycles. The Morgan fingerprint density at radius 3 is 2.06 bits per heavy atom. The quantitative estimate of drug-likeness (QED) is 0.757. The molecule has 1 nitrogen and oxygen atoms in total. The van der Waals surface area contributed by atoms with Crippen LogP contribution in [-0.4, -0.2) is 13.1 Å². The van der Waals surface area contributed by atoms with Crippen LogP contribution in [0.15, 0.2) is 24.3 Å². The highest BCUT2D eigenvalue weighted by atomic mass is 14.8. The van der Waals surface area contributed by atoms with Gasteiger partial charge in [-0.15, -0.1) is 0 Å². The van der Waals surface area contributed by atoms with E-state index in [1.165, 1.54) is 17.5 Å². The normalized spacial score (nSPS) is 13.0. The standard InChI is InChI=1S/C16H27N/c1-5-14-7-9-15(10-8-14)11-16(13(3)4)12-17-6-2/h7-10,13,16-17H,5-6,11-12H2,1-4H3. The highest BCUT2D eigenvalue weighted by Gasteiger charge is 2.13. The molecule has 0 saturated heterocycles. The number of nitrogens with one attached hydrogen (secondary N) is 1. The third-order valence-corrected chi connectivity index (χ3v) is 3.53. The molecule has 0 amide bonds. The monoisotopic (exact) mass is 233 g/mol. The van der Waals surface area contributed by atoms with Crippen molar-refractivity contribution in [2.24, 2.45) is 11.8 Å². The molecular weight excluding hydrogens is 206 g/mol. The van der Waals surface area contributed by atoms with Crippen molar-refractivity contribution in [3.8, 4) is 0 Å². The minimum Gasteiger partial charge on any atom is -0.317 e. The van der Waals surface area contributed by atoms with Crippen molar-refractivity contribution < 1.29 is 0 Å². The van der Waals surface area contributed by atoms with Gasteiger partial charge in [-0.2, -0.15) is 0 Å². The van der Waals surface area contributed by atoms with Crippen LogP contribution < -0.4 is 5.32 Å². The highest BCUT2D eigenvalue weighted by molar-refractivity contribution is 5.22. The molecule has 0 fully saturated rings. The molecule has 0 bridgehead atoms. The van der Waals surface area contributed by atoms with E-state index in [1.807, 2.05) is 0 Å². The van der Waals surface area contributed by atoms with E-state index in [4.69, 9.17) is 0 Å². The zero-order chi connectivity index (χ0) is 12.7. The first-order chi connectivity index (χ1) is 8.17. The predicted octanol–water partition coefficient (Wildman–Crippen LogP) is 3.67. The molecule has 0 heterocycles. The Balaban J connectivity index is 2.58. The first kappa shape index (κ1) is 14.2. The van der Waals surface area contributed by atoms with Gasteiger partial charge in [0.15, 0.2) is 0 Å². The van der Waals surface area contributed by atoms with Gasteiger partial charge in [-0.3, -0.25) is 0 Å². The Morgan fingerprint density at radius 1 is 1.00 bits per heavy atom. The lowest BCUT2D eigenvalue weighted by molar-refractivity contribution is 0.364. The van der Waals surface area contributed by atoms with Gasteiger partial charge in [0.25, 0.3) is 0 Å². The number of benzene rings is 1. The Kier molecular flexibility index (Phi) is 6.28. The Morgan fingerprint density at radius 2 is 1.59 bits per heavy atom. The summed E-state index contributed by atoms with van der Waals surface area (Å²) in [6.07, 6.45) is 2.32. The zero-order valence-electron chi connectivity index (χ0n) is 11.8. The van der Waals surface area contributed by atoms with Crippen LogP contribution in [-0.2, 0) is 12.8 Å². The predicted molar refractivity (Wildman–Crippen MR) is 76.4 cm³/mol. The Labute approximate surface area is 107 Å². The molecule has 17 heavy (non-hydrogen) atoms. The van der Waals surface area contributed by atoms with Gasteiger partial charge >= 0.3 is 0 Å². The van der Waals surface area contributed by atoms with Gasteiger partial charge in [-0.1, -0.05) is 52.0 Å². The molecule has 1 heteroatoms. The molecule has 0 radical (unpaired) electrons. The van der Waals surface area contributed by atoms with Gasteiger partial charge in [-0.25, -0.2) is 0 Å². The summed E-state index contributed by atoms with van der Waals surface area (Å²) in [6, 6.07) is 9.11. The van der Waals surface area contributed by atoms with E-state index >= 15 is 0 Å². The van der Waals surface area contributed by atoms with Crippen LogP contribution in [0.5, 0.6) is 0 Å². The molecule has 0 spiro atoms. The third kappa shape index (κ3) is 4.91. The van der Waals surface area contributed by atoms with Gasteiger partial charge in [0.2, 0.25) is 0 Å². The summed E-state index contributed by atoms with van der Waals surface area (Å²) >= 11 is 0. The average Bonchev–Trinajstić information content (AvgIpc) is 2.35. The second-order valence-electron chi connectivity index (χ2n) is 5.19. The van der Waals surface area contributed by atoms with Crippen molar-refractivity contribution in [3.05, 3.63) is 35.4 Å². The maximum absolute atomic E-state index is 3.47. The van der Waals surface area contributed by atoms with Crippen molar-refractivity contribution in [2.75, 3.05) is 13.1 Å². The van der Waals surface area contributed by atoms with E-state index in [1.54, 1.807) is 0 Å². The minimum atomic E-state index is 0.736. The molecule has 1 N–H and O–H groups in total. The van der Waals surface area contributed by atoms with Gasteiger partial charge in [0.1, 0.15) is 0 Å². The zero-order valence-corrected chi connectivity index (χ0v) is 11.8. The first-order valence-corrected chi connectivity index (χ1v) is 6.95. The van der Waals surface area contributed by atoms with E-state index in [-0.39, 0.29) is 0 Å². The number of rotatable bonds is 7. The van der Waals surface area contributed by atoms with Gasteiger partial charge in [0.05, 0.1) is 0 Å². The molecule has 96 valence electrons. The molecular formula is C16H27N. The summed E-state index contributed by atoms with van der Waals surface area (Å²) in [5.74, 6) is 1.47. The van der Waals surface area contributed by atoms with Crippen LogP contribution in [0.25, 0.3) is 0 Å². The lowest BCUT2D eigenvalue weighted by atomic mass is 9.89. The SMILES string of the molecule is CCNCC(Cc1ccc(CC)cc1)C(C)C. The number of aryl methyl sites for hydroxylation is 1. The van der Waals surface area contributed by atoms with E-state index in [0.29, 0.717) is 0 Å². The average molecular weight is 233 g/mol. The fraction of sp³-hybridized carbons (Fsp3) is 0.625. The molecule has 0 aliphatic heterocycles. The summed E-state index contributed by atoms with van der Waals surface area (Å²) in [6.45, 7) is 11.2. The first-order valence-electron chi connectivity index (χ1n) is 6.95. The molecule has 0 saturated carbocycles. The van der Waals surface area contributed by atoms with E-state index in [9.17, 15) is 0 Å². The summed E-state index contributed by atoms with van der Waals surface area (Å²) in [5, 5.41) is 3.47. The highest BCUT2D eigenvalue weighted by Crippen LogP contribution is 2.17. The van der Waals surface area contributed by atoms with Crippen molar-refractivity contribution in [1.29, 1.82) is 0 Å². The molecule has 1 aromatic rings. The van der Waals surface area contributed by atoms with E-state index in [2.05, 4.69) is 57.3 Å². The number of hydrogen-bond acceptors (Lipinski definition) is 1. The summed E-state index contributed by atoms with van der Waals surface area (Å²) in [5.41, 5.74) is 2.90. The second kappa shape index (κ2) is 7.50. The van der Waals surface area contributed by atoms with Crippen LogP contribution in [0, 0.1) is 11.8 Å². The second-order valence-corrected chi connectivity index (χ2v) is 5.19. The summed E-state index contributed by atoms with van der Waals surface area (Å²) in [4.78, 5) is 0. The van der Waals surface area contributed by atoms with Crippen LogP contribution >= 0.6 is 0 Å². The smallest absolute Gasteiger partial charge is 0.00150 e. The fourth-order valence-corrected chi connectivity index (χ4v) is 2.09. The van der Waals surface area contributed by atoms with Gasteiger partial charge in [0, 0.05) is 0 Å². The summed E-state index contributed by atoms with van der Waals surface area (Å²) in [7, 11) is 0. The molecule has 0 aliphatic rings. The van der Waals surface area contributed by atoms with Gasteiger partial charge < -0.3 is 5.32 Å². The van der Waals surface area contributed by atoms with E-state index < -0.39 is 0 Å². The number of hydrogen-bond donors (Lipinski definition) is 1. The molecule has 0 aliphatic carbocycles. The van der Waals surface area contributed by atoms with E-state index in [0.717, 1.165) is 31.3 Å². The maximum Gasteiger partial charge on any atom is -0.00150 e.